The maximum absolute atomic E-state index is 5.61. The molecular formula is C8H20N2O. The first-order valence-electron chi connectivity index (χ1n) is 3.90. The number of hydrogen-bond donors (Lipinski definition) is 1. The zero-order valence-electron chi connectivity index (χ0n) is 8.22. The number of nitrogens with two attached hydrogens (primary N) is 1. The average Bonchev–Trinajstić information content (AvgIpc) is 1.86. The molecule has 0 rings (SSSR count). The lowest BCUT2D eigenvalue weighted by Gasteiger charge is -2.35. The number of hydrogen-bond acceptors (Lipinski definition) is 3. The molecule has 2 N–H and O–H groups in total. The van der Waals surface area contributed by atoms with Gasteiger partial charge in [0.05, 0.1) is 13.2 Å². The fourth-order valence-electron chi connectivity index (χ4n) is 1.17. The van der Waals surface area contributed by atoms with E-state index in [2.05, 4.69) is 20.8 Å². The monoisotopic (exact) mass is 160 g/mol. The third-order valence-electron chi connectivity index (χ3n) is 1.95. The van der Waals surface area contributed by atoms with Gasteiger partial charge in [0.25, 0.3) is 0 Å². The van der Waals surface area contributed by atoms with Gasteiger partial charge in [-0.1, -0.05) is 20.8 Å². The Labute approximate surface area is 69.5 Å². The van der Waals surface area contributed by atoms with Crippen molar-refractivity contribution in [1.29, 1.82) is 0 Å². The van der Waals surface area contributed by atoms with E-state index in [1.807, 2.05) is 7.05 Å². The molecule has 0 aliphatic heterocycles. The molecule has 0 saturated carbocycles. The van der Waals surface area contributed by atoms with E-state index in [0.29, 0.717) is 6.54 Å². The van der Waals surface area contributed by atoms with Crippen molar-refractivity contribution in [3.05, 3.63) is 0 Å². The molecule has 1 unspecified atom stereocenters. The molecule has 0 aliphatic carbocycles. The van der Waals surface area contributed by atoms with Crippen LogP contribution < -0.4 is 5.73 Å². The van der Waals surface area contributed by atoms with Crippen LogP contribution in [0.4, 0.5) is 0 Å². The highest BCUT2D eigenvalue weighted by atomic mass is 16.7. The summed E-state index contributed by atoms with van der Waals surface area (Å²) in [5, 5.41) is 1.81. The molecule has 0 saturated heterocycles. The Morgan fingerprint density at radius 3 is 2.00 bits per heavy atom. The molecule has 3 heteroatoms. The van der Waals surface area contributed by atoms with Crippen LogP contribution in [0.2, 0.25) is 0 Å². The van der Waals surface area contributed by atoms with E-state index in [4.69, 9.17) is 10.6 Å². The Morgan fingerprint density at radius 1 is 1.45 bits per heavy atom. The second kappa shape index (κ2) is 4.04. The molecule has 0 aromatic carbocycles. The number of nitrogens with zero attached hydrogens (tertiary/aromatic N) is 1. The van der Waals surface area contributed by atoms with Gasteiger partial charge < -0.3 is 10.6 Å². The summed E-state index contributed by atoms with van der Waals surface area (Å²) in [5.41, 5.74) is 5.78. The van der Waals surface area contributed by atoms with Crippen molar-refractivity contribution in [2.45, 2.75) is 26.8 Å². The summed E-state index contributed by atoms with van der Waals surface area (Å²) < 4.78 is 0. The van der Waals surface area contributed by atoms with Gasteiger partial charge in [-0.05, 0) is 5.41 Å². The Morgan fingerprint density at radius 2 is 1.91 bits per heavy atom. The number of rotatable bonds is 3. The quantitative estimate of drug-likeness (QED) is 0.622. The van der Waals surface area contributed by atoms with Crippen molar-refractivity contribution < 1.29 is 4.84 Å². The second-order valence-electron chi connectivity index (χ2n) is 3.85. The van der Waals surface area contributed by atoms with Crippen LogP contribution in [0, 0.1) is 5.41 Å². The first-order valence-corrected chi connectivity index (χ1v) is 3.90. The van der Waals surface area contributed by atoms with E-state index in [1.165, 1.54) is 0 Å². The molecule has 0 amide bonds. The van der Waals surface area contributed by atoms with E-state index in [0.717, 1.165) is 0 Å². The fraction of sp³-hybridized carbons (Fsp3) is 1.00. The third kappa shape index (κ3) is 3.18. The Hall–Kier alpha value is -0.120. The van der Waals surface area contributed by atoms with Gasteiger partial charge in [-0.15, -0.1) is 0 Å². The van der Waals surface area contributed by atoms with Crippen LogP contribution in [0.3, 0.4) is 0 Å². The van der Waals surface area contributed by atoms with Crippen molar-refractivity contribution >= 4 is 0 Å². The molecule has 1 atom stereocenters. The summed E-state index contributed by atoms with van der Waals surface area (Å²) >= 11 is 0. The van der Waals surface area contributed by atoms with E-state index in [-0.39, 0.29) is 11.5 Å². The summed E-state index contributed by atoms with van der Waals surface area (Å²) in [6, 6.07) is 0.271. The molecule has 0 aromatic rings. The summed E-state index contributed by atoms with van der Waals surface area (Å²) in [6.45, 7) is 7.08. The first kappa shape index (κ1) is 10.9. The van der Waals surface area contributed by atoms with Crippen LogP contribution >= 0.6 is 0 Å². The molecule has 0 bridgehead atoms. The van der Waals surface area contributed by atoms with Crippen LogP contribution in [0.1, 0.15) is 20.8 Å². The highest BCUT2D eigenvalue weighted by Gasteiger charge is 2.26. The van der Waals surface area contributed by atoms with Crippen LogP contribution in [0.5, 0.6) is 0 Å². The van der Waals surface area contributed by atoms with Crippen LogP contribution in [0.25, 0.3) is 0 Å². The van der Waals surface area contributed by atoms with Gasteiger partial charge in [0, 0.05) is 13.6 Å². The summed E-state index contributed by atoms with van der Waals surface area (Å²) in [4.78, 5) is 5.08. The van der Waals surface area contributed by atoms with Crippen molar-refractivity contribution in [2.24, 2.45) is 11.1 Å². The van der Waals surface area contributed by atoms with Crippen molar-refractivity contribution in [2.75, 3.05) is 20.7 Å². The van der Waals surface area contributed by atoms with E-state index in [1.54, 1.807) is 12.2 Å². The van der Waals surface area contributed by atoms with E-state index in [9.17, 15) is 0 Å². The predicted molar refractivity (Wildman–Crippen MR) is 47.1 cm³/mol. The van der Waals surface area contributed by atoms with Crippen molar-refractivity contribution in [3.8, 4) is 0 Å². The zero-order chi connectivity index (χ0) is 9.07. The lowest BCUT2D eigenvalue weighted by molar-refractivity contribution is -0.161. The third-order valence-corrected chi connectivity index (χ3v) is 1.95. The van der Waals surface area contributed by atoms with Crippen molar-refractivity contribution in [1.82, 2.24) is 5.06 Å². The summed E-state index contributed by atoms with van der Waals surface area (Å²) in [6.07, 6.45) is 0. The Kier molecular flexibility index (Phi) is 4.00. The average molecular weight is 160 g/mol. The maximum Gasteiger partial charge on any atom is 0.0575 e. The van der Waals surface area contributed by atoms with Gasteiger partial charge in [-0.2, -0.15) is 5.06 Å². The van der Waals surface area contributed by atoms with Crippen LogP contribution in [-0.4, -0.2) is 31.8 Å². The van der Waals surface area contributed by atoms with Gasteiger partial charge in [-0.25, -0.2) is 0 Å². The fourth-order valence-corrected chi connectivity index (χ4v) is 1.17. The van der Waals surface area contributed by atoms with Gasteiger partial charge in [0.15, 0.2) is 0 Å². The minimum Gasteiger partial charge on any atom is -0.329 e. The van der Waals surface area contributed by atoms with E-state index >= 15 is 0 Å². The van der Waals surface area contributed by atoms with Gasteiger partial charge in [-0.3, -0.25) is 0 Å². The molecule has 11 heavy (non-hydrogen) atoms. The minimum atomic E-state index is 0.166. The van der Waals surface area contributed by atoms with Gasteiger partial charge >= 0.3 is 0 Å². The predicted octanol–water partition coefficient (Wildman–Crippen LogP) is 0.853. The number of likely N-dealkylation sites (N-methyl/N-ethyl adjacent to an activating group) is 1. The lowest BCUT2D eigenvalue weighted by Crippen LogP contribution is -2.46. The minimum absolute atomic E-state index is 0.166. The topological polar surface area (TPSA) is 38.5 Å². The maximum atomic E-state index is 5.61. The lowest BCUT2D eigenvalue weighted by atomic mass is 9.87. The first-order chi connectivity index (χ1) is 4.93. The van der Waals surface area contributed by atoms with Crippen LogP contribution in [0.15, 0.2) is 0 Å². The molecule has 0 radical (unpaired) electrons. The molecular weight excluding hydrogens is 140 g/mol. The molecule has 0 aliphatic rings. The zero-order valence-corrected chi connectivity index (χ0v) is 8.22. The SMILES string of the molecule is CON(C)C(CN)C(C)(C)C. The molecule has 3 nitrogen and oxygen atoms in total. The van der Waals surface area contributed by atoms with E-state index < -0.39 is 0 Å². The normalized spacial score (nSPS) is 15.5. The van der Waals surface area contributed by atoms with Crippen LogP contribution in [-0.2, 0) is 4.84 Å². The number of hydroxylamine groups is 2. The highest BCUT2D eigenvalue weighted by Crippen LogP contribution is 2.22. The molecule has 0 heterocycles. The highest BCUT2D eigenvalue weighted by molar-refractivity contribution is 4.79. The second-order valence-corrected chi connectivity index (χ2v) is 3.85. The van der Waals surface area contributed by atoms with Gasteiger partial charge in [0.1, 0.15) is 0 Å². The Bertz CT molecular complexity index is 109. The van der Waals surface area contributed by atoms with Gasteiger partial charge in [0.2, 0.25) is 0 Å². The van der Waals surface area contributed by atoms with Crippen molar-refractivity contribution in [3.63, 3.8) is 0 Å². The Balaban J connectivity index is 4.16. The molecule has 0 aromatic heterocycles. The largest absolute Gasteiger partial charge is 0.329 e. The summed E-state index contributed by atoms with van der Waals surface area (Å²) in [5.74, 6) is 0. The molecule has 0 spiro atoms. The molecule has 68 valence electrons. The smallest absolute Gasteiger partial charge is 0.0575 e. The standard InChI is InChI=1S/C8H20N2O/c1-8(2,3)7(6-9)10(4)11-5/h7H,6,9H2,1-5H3. The summed E-state index contributed by atoms with van der Waals surface area (Å²) in [7, 11) is 3.57. The molecule has 0 fully saturated rings.